The van der Waals surface area contributed by atoms with Gasteiger partial charge in [-0.05, 0) is 44.4 Å². The van der Waals surface area contributed by atoms with Crippen molar-refractivity contribution in [1.82, 2.24) is 10.6 Å². The van der Waals surface area contributed by atoms with Crippen LogP contribution in [0.2, 0.25) is 0 Å². The number of aliphatic hydroxyl groups excluding tert-OH is 1. The average Bonchev–Trinajstić information content (AvgIpc) is 2.91. The quantitative estimate of drug-likeness (QED) is 0.756. The van der Waals surface area contributed by atoms with Gasteiger partial charge in [0.15, 0.2) is 0 Å². The summed E-state index contributed by atoms with van der Waals surface area (Å²) in [5.74, 6) is 1.02. The van der Waals surface area contributed by atoms with Crippen LogP contribution in [0.15, 0.2) is 24.3 Å². The van der Waals surface area contributed by atoms with E-state index in [9.17, 15) is 9.90 Å². The zero-order valence-electron chi connectivity index (χ0n) is 13.3. The third kappa shape index (κ3) is 4.63. The number of carbonyl (C=O) groups excluding carboxylic acids is 1. The van der Waals surface area contributed by atoms with Gasteiger partial charge < -0.3 is 20.5 Å². The molecule has 0 spiro atoms. The molecule has 122 valence electrons. The van der Waals surface area contributed by atoms with Crippen LogP contribution in [0.1, 0.15) is 44.7 Å². The molecule has 0 heterocycles. The number of carbonyl (C=O) groups is 1. The maximum Gasteiger partial charge on any atom is 0.315 e. The van der Waals surface area contributed by atoms with E-state index in [4.69, 9.17) is 4.74 Å². The van der Waals surface area contributed by atoms with E-state index >= 15 is 0 Å². The summed E-state index contributed by atoms with van der Waals surface area (Å²) in [5, 5.41) is 15.5. The molecule has 2 rings (SSSR count). The number of nitrogens with one attached hydrogen (secondary N) is 2. The molecular weight excluding hydrogens is 280 g/mol. The molecule has 1 aliphatic rings. The van der Waals surface area contributed by atoms with Crippen molar-refractivity contribution in [2.75, 3.05) is 13.2 Å². The van der Waals surface area contributed by atoms with Crippen LogP contribution in [0, 0.1) is 5.92 Å². The molecule has 1 fully saturated rings. The first-order valence-corrected chi connectivity index (χ1v) is 8.05. The van der Waals surface area contributed by atoms with Crippen LogP contribution in [0.5, 0.6) is 5.75 Å². The largest absolute Gasteiger partial charge is 0.494 e. The van der Waals surface area contributed by atoms with Crippen molar-refractivity contribution in [1.29, 1.82) is 0 Å². The van der Waals surface area contributed by atoms with Crippen LogP contribution in [-0.2, 0) is 0 Å². The molecule has 1 aromatic rings. The molecule has 3 N–H and O–H groups in total. The van der Waals surface area contributed by atoms with E-state index in [0.29, 0.717) is 13.2 Å². The molecule has 5 nitrogen and oxygen atoms in total. The minimum Gasteiger partial charge on any atom is -0.494 e. The Kier molecular flexibility index (Phi) is 6.07. The van der Waals surface area contributed by atoms with E-state index in [-0.39, 0.29) is 24.1 Å². The number of amides is 2. The first kappa shape index (κ1) is 16.6. The van der Waals surface area contributed by atoms with Gasteiger partial charge in [-0.1, -0.05) is 18.6 Å². The highest BCUT2D eigenvalue weighted by atomic mass is 16.5. The van der Waals surface area contributed by atoms with E-state index in [1.807, 2.05) is 38.1 Å². The maximum atomic E-state index is 11.9. The third-order valence-corrected chi connectivity index (χ3v) is 4.18. The van der Waals surface area contributed by atoms with Crippen molar-refractivity contribution in [2.45, 2.75) is 45.3 Å². The van der Waals surface area contributed by atoms with Gasteiger partial charge in [0.2, 0.25) is 0 Å². The predicted molar refractivity (Wildman–Crippen MR) is 85.9 cm³/mol. The molecule has 0 aliphatic heterocycles. The van der Waals surface area contributed by atoms with E-state index in [2.05, 4.69) is 10.6 Å². The SMILES string of the molecule is CCOc1ccc([C@H](C)NC(=O)NC[C@H]2CCC[C@@H]2O)cc1. The Morgan fingerprint density at radius 1 is 1.36 bits per heavy atom. The van der Waals surface area contributed by atoms with E-state index < -0.39 is 0 Å². The highest BCUT2D eigenvalue weighted by Crippen LogP contribution is 2.24. The number of rotatable bonds is 6. The lowest BCUT2D eigenvalue weighted by molar-refractivity contribution is 0.132. The summed E-state index contributed by atoms with van der Waals surface area (Å²) < 4.78 is 5.40. The maximum absolute atomic E-state index is 11.9. The van der Waals surface area contributed by atoms with Crippen molar-refractivity contribution in [2.24, 2.45) is 5.92 Å². The molecule has 0 saturated heterocycles. The molecule has 2 amide bonds. The molecule has 0 bridgehead atoms. The molecule has 0 radical (unpaired) electrons. The minimum absolute atomic E-state index is 0.0795. The number of aliphatic hydroxyl groups is 1. The van der Waals surface area contributed by atoms with Gasteiger partial charge in [-0.15, -0.1) is 0 Å². The fraction of sp³-hybridized carbons (Fsp3) is 0.588. The van der Waals surface area contributed by atoms with Crippen molar-refractivity contribution >= 4 is 6.03 Å². The first-order valence-electron chi connectivity index (χ1n) is 8.05. The Hall–Kier alpha value is -1.75. The summed E-state index contributed by atoms with van der Waals surface area (Å²) in [4.78, 5) is 11.9. The lowest BCUT2D eigenvalue weighted by Crippen LogP contribution is -2.40. The van der Waals surface area contributed by atoms with Gasteiger partial charge in [-0.25, -0.2) is 4.79 Å². The van der Waals surface area contributed by atoms with Gasteiger partial charge in [0, 0.05) is 12.5 Å². The summed E-state index contributed by atoms with van der Waals surface area (Å²) in [6, 6.07) is 7.45. The summed E-state index contributed by atoms with van der Waals surface area (Å²) >= 11 is 0. The molecule has 0 unspecified atom stereocenters. The number of hydrogen-bond acceptors (Lipinski definition) is 3. The van der Waals surface area contributed by atoms with Crippen LogP contribution in [0.3, 0.4) is 0 Å². The minimum atomic E-state index is -0.274. The zero-order valence-corrected chi connectivity index (χ0v) is 13.3. The Balaban J connectivity index is 1.77. The summed E-state index contributed by atoms with van der Waals surface area (Å²) in [6.07, 6.45) is 2.59. The molecule has 22 heavy (non-hydrogen) atoms. The van der Waals surface area contributed by atoms with Crippen LogP contribution in [0.4, 0.5) is 4.79 Å². The number of urea groups is 1. The predicted octanol–water partition coefficient (Wildman–Crippen LogP) is 2.61. The molecule has 0 aromatic heterocycles. The fourth-order valence-electron chi connectivity index (χ4n) is 2.83. The van der Waals surface area contributed by atoms with Gasteiger partial charge in [0.05, 0.1) is 18.8 Å². The molecule has 1 aliphatic carbocycles. The van der Waals surface area contributed by atoms with E-state index in [0.717, 1.165) is 30.6 Å². The molecular formula is C17H26N2O3. The second-order valence-electron chi connectivity index (χ2n) is 5.84. The van der Waals surface area contributed by atoms with Gasteiger partial charge in [-0.2, -0.15) is 0 Å². The van der Waals surface area contributed by atoms with E-state index in [1.54, 1.807) is 0 Å². The summed E-state index contributed by atoms with van der Waals surface area (Å²) in [6.45, 7) is 5.06. The van der Waals surface area contributed by atoms with Crippen molar-refractivity contribution < 1.29 is 14.6 Å². The Labute approximate surface area is 132 Å². The topological polar surface area (TPSA) is 70.6 Å². The van der Waals surface area contributed by atoms with Crippen molar-refractivity contribution in [3.05, 3.63) is 29.8 Å². The first-order chi connectivity index (χ1) is 10.6. The molecule has 5 heteroatoms. The highest BCUT2D eigenvalue weighted by Gasteiger charge is 2.25. The number of ether oxygens (including phenoxy) is 1. The third-order valence-electron chi connectivity index (χ3n) is 4.18. The lowest BCUT2D eigenvalue weighted by atomic mass is 10.1. The smallest absolute Gasteiger partial charge is 0.315 e. The highest BCUT2D eigenvalue weighted by molar-refractivity contribution is 5.74. The second-order valence-corrected chi connectivity index (χ2v) is 5.84. The molecule has 1 saturated carbocycles. The zero-order chi connectivity index (χ0) is 15.9. The van der Waals surface area contributed by atoms with Gasteiger partial charge >= 0.3 is 6.03 Å². The number of benzene rings is 1. The normalized spacial score (nSPS) is 22.1. The van der Waals surface area contributed by atoms with Crippen LogP contribution in [-0.4, -0.2) is 30.4 Å². The van der Waals surface area contributed by atoms with Crippen LogP contribution < -0.4 is 15.4 Å². The Morgan fingerprint density at radius 3 is 2.68 bits per heavy atom. The number of hydrogen-bond donors (Lipinski definition) is 3. The fourth-order valence-corrected chi connectivity index (χ4v) is 2.83. The molecule has 3 atom stereocenters. The van der Waals surface area contributed by atoms with Gasteiger partial charge in [0.25, 0.3) is 0 Å². The van der Waals surface area contributed by atoms with Crippen molar-refractivity contribution in [3.8, 4) is 5.75 Å². The monoisotopic (exact) mass is 306 g/mol. The van der Waals surface area contributed by atoms with Crippen LogP contribution >= 0.6 is 0 Å². The van der Waals surface area contributed by atoms with Crippen molar-refractivity contribution in [3.63, 3.8) is 0 Å². The second kappa shape index (κ2) is 8.03. The Bertz CT molecular complexity index is 475. The van der Waals surface area contributed by atoms with Gasteiger partial charge in [-0.3, -0.25) is 0 Å². The van der Waals surface area contributed by atoms with Crippen LogP contribution in [0.25, 0.3) is 0 Å². The molecule has 1 aromatic carbocycles. The summed E-state index contributed by atoms with van der Waals surface area (Å²) in [7, 11) is 0. The van der Waals surface area contributed by atoms with E-state index in [1.165, 1.54) is 0 Å². The van der Waals surface area contributed by atoms with Gasteiger partial charge in [0.1, 0.15) is 5.75 Å². The average molecular weight is 306 g/mol. The lowest BCUT2D eigenvalue weighted by Gasteiger charge is -2.18. The standard InChI is InChI=1S/C17H26N2O3/c1-3-22-15-9-7-13(8-10-15)12(2)19-17(21)18-11-14-5-4-6-16(14)20/h7-10,12,14,16,20H,3-6,11H2,1-2H3,(H2,18,19,21)/t12-,14+,16-/m0/s1. The Morgan fingerprint density at radius 2 is 2.09 bits per heavy atom. The summed E-state index contributed by atoms with van der Waals surface area (Å²) in [5.41, 5.74) is 1.03.